The van der Waals surface area contributed by atoms with Crippen LogP contribution in [0.3, 0.4) is 0 Å². The van der Waals surface area contributed by atoms with Gasteiger partial charge in [0.15, 0.2) is 0 Å². The SMILES string of the molecule is C1=CC(c2c3nc(c(C4C=CCCC4)c4ccc([nH]4)c(C4C=CCCC4)c4nc(c(C5C=CCCC5)c5ccc2[nH]5)C=C4)C=C3)CCC1. The van der Waals surface area contributed by atoms with Crippen LogP contribution in [0.1, 0.15) is 146 Å². The van der Waals surface area contributed by atoms with Gasteiger partial charge in [-0.25, -0.2) is 9.97 Å². The van der Waals surface area contributed by atoms with Crippen molar-refractivity contribution in [1.82, 2.24) is 19.9 Å². The molecule has 4 unspecified atom stereocenters. The lowest BCUT2D eigenvalue weighted by Gasteiger charge is -2.19. The van der Waals surface area contributed by atoms with Crippen LogP contribution in [0.5, 0.6) is 0 Å². The standard InChI is InChI=1S/C44H46N4/c1-5-13-29(14-6-1)41-33-21-23-35(45-33)42(30-15-7-2-8-16-30)37-25-27-39(47-37)44(32-19-11-4-12-20-32)40-28-26-38(48-40)43(31-17-9-3-10-18-31)36-24-22-34(41)46-36/h5,7,9,11,13,15,17,19,21-32,45,48H,1-4,6,8,10,12,14,16,18,20H2. The van der Waals surface area contributed by atoms with E-state index in [4.69, 9.17) is 9.97 Å². The second-order valence-electron chi connectivity index (χ2n) is 14.5. The molecule has 48 heavy (non-hydrogen) atoms. The number of hydrogen-bond donors (Lipinski definition) is 2. The van der Waals surface area contributed by atoms with Crippen molar-refractivity contribution in [3.63, 3.8) is 0 Å². The van der Waals surface area contributed by atoms with Crippen LogP contribution in [-0.2, 0) is 0 Å². The van der Waals surface area contributed by atoms with Gasteiger partial charge in [0.25, 0.3) is 0 Å². The fraction of sp³-hybridized carbons (Fsp3) is 0.364. The first-order chi connectivity index (χ1) is 23.8. The molecule has 5 heterocycles. The minimum Gasteiger partial charge on any atom is -0.355 e. The van der Waals surface area contributed by atoms with E-state index in [1.54, 1.807) is 0 Å². The van der Waals surface area contributed by atoms with Crippen LogP contribution in [0.15, 0.2) is 72.9 Å². The molecule has 6 aliphatic rings. The van der Waals surface area contributed by atoms with E-state index in [1.807, 2.05) is 0 Å². The fourth-order valence-electron chi connectivity index (χ4n) is 9.07. The summed E-state index contributed by atoms with van der Waals surface area (Å²) in [4.78, 5) is 19.0. The number of aromatic nitrogens is 4. The molecular formula is C44H46N4. The van der Waals surface area contributed by atoms with Crippen molar-refractivity contribution >= 4 is 46.4 Å². The lowest BCUT2D eigenvalue weighted by atomic mass is 9.88. The summed E-state index contributed by atoms with van der Waals surface area (Å²) in [6.07, 6.45) is 42.4. The fourth-order valence-corrected chi connectivity index (χ4v) is 9.07. The largest absolute Gasteiger partial charge is 0.355 e. The number of nitrogens with one attached hydrogen (secondary N) is 2. The summed E-state index contributed by atoms with van der Waals surface area (Å²) in [6.45, 7) is 0. The molecule has 0 spiro atoms. The second kappa shape index (κ2) is 12.9. The molecule has 3 aromatic heterocycles. The highest BCUT2D eigenvalue weighted by Crippen LogP contribution is 2.41. The van der Waals surface area contributed by atoms with E-state index < -0.39 is 0 Å². The third kappa shape index (κ3) is 5.49. The Balaban J connectivity index is 1.41. The van der Waals surface area contributed by atoms with Crippen LogP contribution in [0.4, 0.5) is 0 Å². The Hall–Kier alpha value is -4.44. The zero-order chi connectivity index (χ0) is 31.9. The van der Waals surface area contributed by atoms with Crippen LogP contribution >= 0.6 is 0 Å². The Morgan fingerprint density at radius 1 is 0.396 bits per heavy atom. The first-order valence-corrected chi connectivity index (χ1v) is 18.6. The smallest absolute Gasteiger partial charge is 0.0696 e. The van der Waals surface area contributed by atoms with Gasteiger partial charge in [0.1, 0.15) is 0 Å². The highest BCUT2D eigenvalue weighted by atomic mass is 14.8. The maximum absolute atomic E-state index is 5.52. The summed E-state index contributed by atoms with van der Waals surface area (Å²) < 4.78 is 0. The second-order valence-corrected chi connectivity index (χ2v) is 14.5. The van der Waals surface area contributed by atoms with Gasteiger partial charge in [-0.3, -0.25) is 0 Å². The van der Waals surface area contributed by atoms with Crippen LogP contribution in [-0.4, -0.2) is 19.9 Å². The molecule has 4 heteroatoms. The quantitative estimate of drug-likeness (QED) is 0.194. The summed E-state index contributed by atoms with van der Waals surface area (Å²) in [7, 11) is 0. The van der Waals surface area contributed by atoms with Crippen molar-refractivity contribution in [2.24, 2.45) is 0 Å². The third-order valence-electron chi connectivity index (χ3n) is 11.4. The zero-order valence-electron chi connectivity index (χ0n) is 27.9. The summed E-state index contributed by atoms with van der Waals surface area (Å²) >= 11 is 0. The number of nitrogens with zero attached hydrogens (tertiary/aromatic N) is 2. The van der Waals surface area contributed by atoms with E-state index in [-0.39, 0.29) is 0 Å². The van der Waals surface area contributed by atoms with Crippen LogP contribution in [0.25, 0.3) is 46.4 Å². The number of rotatable bonds is 4. The molecule has 0 amide bonds. The number of H-pyrrole nitrogens is 2. The normalized spacial score (nSPS) is 24.8. The van der Waals surface area contributed by atoms with E-state index in [9.17, 15) is 0 Å². The van der Waals surface area contributed by atoms with Crippen molar-refractivity contribution in [2.75, 3.05) is 0 Å². The van der Waals surface area contributed by atoms with Gasteiger partial charge >= 0.3 is 0 Å². The molecule has 4 aliphatic carbocycles. The topological polar surface area (TPSA) is 57.4 Å². The Labute approximate surface area is 284 Å². The Kier molecular flexibility index (Phi) is 7.96. The highest BCUT2D eigenvalue weighted by Gasteiger charge is 2.25. The van der Waals surface area contributed by atoms with E-state index in [0.29, 0.717) is 23.7 Å². The van der Waals surface area contributed by atoms with Gasteiger partial charge in [0, 0.05) is 68.0 Å². The summed E-state index contributed by atoms with van der Waals surface area (Å²) in [5, 5.41) is 0. The first-order valence-electron chi connectivity index (χ1n) is 18.6. The minimum atomic E-state index is 0.337. The maximum atomic E-state index is 5.52. The molecule has 0 radical (unpaired) electrons. The van der Waals surface area contributed by atoms with Gasteiger partial charge in [-0.15, -0.1) is 0 Å². The molecular weight excluding hydrogens is 585 g/mol. The molecule has 2 aliphatic heterocycles. The summed E-state index contributed by atoms with van der Waals surface area (Å²) in [6, 6.07) is 9.24. The van der Waals surface area contributed by atoms with Crippen LogP contribution in [0, 0.1) is 0 Å². The van der Waals surface area contributed by atoms with Gasteiger partial charge in [-0.05, 0) is 126 Å². The van der Waals surface area contributed by atoms with Crippen molar-refractivity contribution < 1.29 is 0 Å². The Morgan fingerprint density at radius 3 is 0.896 bits per heavy atom. The van der Waals surface area contributed by atoms with Gasteiger partial charge < -0.3 is 9.97 Å². The lowest BCUT2D eigenvalue weighted by Crippen LogP contribution is -2.05. The van der Waals surface area contributed by atoms with E-state index in [2.05, 4.69) is 107 Å². The van der Waals surface area contributed by atoms with Gasteiger partial charge in [0.2, 0.25) is 0 Å². The number of allylic oxidation sites excluding steroid dienone is 8. The Bertz CT molecular complexity index is 1790. The van der Waals surface area contributed by atoms with Crippen molar-refractivity contribution in [3.8, 4) is 0 Å². The molecule has 0 saturated heterocycles. The molecule has 242 valence electrons. The predicted octanol–water partition coefficient (Wildman–Crippen LogP) is 12.0. The predicted molar refractivity (Wildman–Crippen MR) is 202 cm³/mol. The lowest BCUT2D eigenvalue weighted by molar-refractivity contribution is 0.651. The molecule has 0 saturated carbocycles. The maximum Gasteiger partial charge on any atom is 0.0696 e. The van der Waals surface area contributed by atoms with Gasteiger partial charge in [-0.1, -0.05) is 48.6 Å². The molecule has 0 aromatic carbocycles. The van der Waals surface area contributed by atoms with Crippen molar-refractivity contribution in [2.45, 2.75) is 101 Å². The third-order valence-corrected chi connectivity index (χ3v) is 11.4. The zero-order valence-corrected chi connectivity index (χ0v) is 27.9. The van der Waals surface area contributed by atoms with Gasteiger partial charge in [-0.2, -0.15) is 0 Å². The molecule has 8 bridgehead atoms. The monoisotopic (exact) mass is 630 g/mol. The van der Waals surface area contributed by atoms with Crippen molar-refractivity contribution in [3.05, 3.63) is 118 Å². The molecule has 3 aromatic rings. The highest BCUT2D eigenvalue weighted by molar-refractivity contribution is 5.85. The molecule has 4 nitrogen and oxygen atoms in total. The molecule has 4 atom stereocenters. The number of aromatic amines is 2. The minimum absolute atomic E-state index is 0.337. The van der Waals surface area contributed by atoms with Gasteiger partial charge in [0.05, 0.1) is 22.8 Å². The van der Waals surface area contributed by atoms with E-state index >= 15 is 0 Å². The molecule has 0 fully saturated rings. The van der Waals surface area contributed by atoms with Crippen LogP contribution < -0.4 is 0 Å². The molecule has 2 N–H and O–H groups in total. The van der Waals surface area contributed by atoms with E-state index in [0.717, 1.165) is 74.1 Å². The molecule has 9 rings (SSSR count). The van der Waals surface area contributed by atoms with E-state index in [1.165, 1.54) is 70.0 Å². The summed E-state index contributed by atoms with van der Waals surface area (Å²) in [5.74, 6) is 1.35. The summed E-state index contributed by atoms with van der Waals surface area (Å²) in [5.41, 5.74) is 14.4. The van der Waals surface area contributed by atoms with Crippen LogP contribution in [0.2, 0.25) is 0 Å². The Morgan fingerprint density at radius 2 is 0.667 bits per heavy atom. The average Bonchev–Trinajstić information content (AvgIpc) is 3.98. The van der Waals surface area contributed by atoms with Crippen molar-refractivity contribution in [1.29, 1.82) is 0 Å². The number of hydrogen-bond acceptors (Lipinski definition) is 2. The first kappa shape index (κ1) is 29.7. The average molecular weight is 631 g/mol. The number of fused-ring (bicyclic) bond motifs is 8.